The van der Waals surface area contributed by atoms with Gasteiger partial charge >= 0.3 is 0 Å². The van der Waals surface area contributed by atoms with Crippen molar-refractivity contribution < 1.29 is 4.79 Å². The Labute approximate surface area is 224 Å². The van der Waals surface area contributed by atoms with Crippen LogP contribution in [0.3, 0.4) is 0 Å². The Morgan fingerprint density at radius 2 is 1.66 bits per heavy atom. The lowest BCUT2D eigenvalue weighted by molar-refractivity contribution is 0.0753. The number of hydrogen-bond donors (Lipinski definition) is 2. The Morgan fingerprint density at radius 1 is 0.868 bits per heavy atom. The van der Waals surface area contributed by atoms with Gasteiger partial charge < -0.3 is 25.3 Å². The Morgan fingerprint density at radius 3 is 2.42 bits per heavy atom. The van der Waals surface area contributed by atoms with Crippen molar-refractivity contribution in [2.75, 3.05) is 50.2 Å². The quantitative estimate of drug-likeness (QED) is 0.400. The largest absolute Gasteiger partial charge is 0.377 e. The summed E-state index contributed by atoms with van der Waals surface area (Å²) in [6.45, 7) is 3.51. The molecule has 2 aliphatic rings. The predicted octanol–water partition coefficient (Wildman–Crippen LogP) is 5.03. The van der Waals surface area contributed by atoms with E-state index >= 15 is 0 Å². The lowest BCUT2D eigenvalue weighted by atomic mass is 10.00. The first kappa shape index (κ1) is 23.9. The van der Waals surface area contributed by atoms with E-state index in [0.717, 1.165) is 53.0 Å². The number of fused-ring (bicyclic) bond motifs is 2. The fourth-order valence-corrected chi connectivity index (χ4v) is 5.54. The van der Waals surface area contributed by atoms with E-state index in [1.54, 1.807) is 0 Å². The van der Waals surface area contributed by atoms with Crippen LogP contribution < -0.4 is 20.4 Å². The summed E-state index contributed by atoms with van der Waals surface area (Å²) in [5.74, 6) is 0.0734. The average Bonchev–Trinajstić information content (AvgIpc) is 3.40. The van der Waals surface area contributed by atoms with E-state index < -0.39 is 0 Å². The third-order valence-electron chi connectivity index (χ3n) is 7.48. The minimum absolute atomic E-state index is 0.0734. The van der Waals surface area contributed by atoms with Crippen LogP contribution in [0.5, 0.6) is 0 Å². The molecule has 0 bridgehead atoms. The van der Waals surface area contributed by atoms with Crippen LogP contribution in [0.1, 0.15) is 15.9 Å². The number of nitrogens with zero attached hydrogens (tertiary/aromatic N) is 3. The van der Waals surface area contributed by atoms with Crippen molar-refractivity contribution in [2.45, 2.75) is 6.54 Å². The van der Waals surface area contributed by atoms with Gasteiger partial charge in [0, 0.05) is 68.0 Å². The predicted molar refractivity (Wildman–Crippen MR) is 156 cm³/mol. The second kappa shape index (κ2) is 10.1. The summed E-state index contributed by atoms with van der Waals surface area (Å²) in [5.41, 5.74) is 7.72. The molecule has 0 aliphatic carbocycles. The number of amides is 1. The molecule has 192 valence electrons. The smallest absolute Gasteiger partial charge is 0.254 e. The standard InChI is InChI=1S/C32H33N5O/c1-35(2)31-15-13-29(27-10-6-7-11-28(27)31)32(38)37-17-16-36(21-26-19-33-22-34-26)30-14-12-24(18-25(30)20-37)23-8-4-3-5-9-23/h3-15,18-19,33-34H,16-17,20-22H2,1-2H3. The van der Waals surface area contributed by atoms with Gasteiger partial charge in [-0.25, -0.2) is 0 Å². The summed E-state index contributed by atoms with van der Waals surface area (Å²) in [6, 6.07) is 29.4. The van der Waals surface area contributed by atoms with Crippen LogP contribution in [0, 0.1) is 0 Å². The van der Waals surface area contributed by atoms with E-state index in [1.165, 1.54) is 16.8 Å². The second-order valence-corrected chi connectivity index (χ2v) is 10.2. The monoisotopic (exact) mass is 503 g/mol. The Balaban J connectivity index is 1.38. The van der Waals surface area contributed by atoms with E-state index in [0.29, 0.717) is 13.1 Å². The fraction of sp³-hybridized carbons (Fsp3) is 0.219. The van der Waals surface area contributed by atoms with Gasteiger partial charge in [-0.2, -0.15) is 0 Å². The molecular weight excluding hydrogens is 470 g/mol. The van der Waals surface area contributed by atoms with Gasteiger partial charge in [-0.1, -0.05) is 60.7 Å². The first-order valence-corrected chi connectivity index (χ1v) is 13.2. The Kier molecular flexibility index (Phi) is 6.38. The van der Waals surface area contributed by atoms with Crippen LogP contribution >= 0.6 is 0 Å². The third-order valence-corrected chi connectivity index (χ3v) is 7.48. The molecular formula is C32H33N5O. The van der Waals surface area contributed by atoms with Crippen LogP contribution in [0.4, 0.5) is 11.4 Å². The molecule has 6 rings (SSSR count). The topological polar surface area (TPSA) is 50.9 Å². The molecule has 0 saturated heterocycles. The summed E-state index contributed by atoms with van der Waals surface area (Å²) in [6.07, 6.45) is 2.05. The molecule has 0 unspecified atom stereocenters. The van der Waals surface area contributed by atoms with Gasteiger partial charge in [-0.3, -0.25) is 4.79 Å². The highest BCUT2D eigenvalue weighted by Gasteiger charge is 2.26. The SMILES string of the molecule is CN(C)c1ccc(C(=O)N2CCN(CC3=CNCN3)c3ccc(-c4ccccc4)cc3C2)c2ccccc12. The molecule has 0 aromatic heterocycles. The van der Waals surface area contributed by atoms with Crippen molar-refractivity contribution in [3.63, 3.8) is 0 Å². The molecule has 2 aliphatic heterocycles. The summed E-state index contributed by atoms with van der Waals surface area (Å²) < 4.78 is 0. The maximum Gasteiger partial charge on any atom is 0.254 e. The molecule has 1 amide bonds. The summed E-state index contributed by atoms with van der Waals surface area (Å²) in [4.78, 5) is 20.6. The first-order valence-electron chi connectivity index (χ1n) is 13.2. The number of benzene rings is 4. The van der Waals surface area contributed by atoms with E-state index in [-0.39, 0.29) is 5.91 Å². The molecule has 0 radical (unpaired) electrons. The molecule has 4 aromatic rings. The average molecular weight is 504 g/mol. The second-order valence-electron chi connectivity index (χ2n) is 10.2. The van der Waals surface area contributed by atoms with Crippen LogP contribution in [-0.2, 0) is 6.54 Å². The Hall–Kier alpha value is -4.45. The summed E-state index contributed by atoms with van der Waals surface area (Å²) in [7, 11) is 4.08. The normalized spacial score (nSPS) is 14.8. The number of hydrogen-bond acceptors (Lipinski definition) is 5. The van der Waals surface area contributed by atoms with Crippen LogP contribution in [0.15, 0.2) is 96.8 Å². The third kappa shape index (κ3) is 4.54. The number of anilines is 2. The van der Waals surface area contributed by atoms with Gasteiger partial charge in [-0.05, 0) is 46.3 Å². The summed E-state index contributed by atoms with van der Waals surface area (Å²) >= 11 is 0. The highest BCUT2D eigenvalue weighted by molar-refractivity contribution is 6.10. The van der Waals surface area contributed by atoms with Crippen molar-refractivity contribution in [3.8, 4) is 11.1 Å². The fourth-order valence-electron chi connectivity index (χ4n) is 5.54. The van der Waals surface area contributed by atoms with Crippen molar-refractivity contribution >= 4 is 28.1 Å². The highest BCUT2D eigenvalue weighted by atomic mass is 16.2. The number of rotatable bonds is 5. The molecule has 6 nitrogen and oxygen atoms in total. The Bertz CT molecular complexity index is 1510. The van der Waals surface area contributed by atoms with Crippen molar-refractivity contribution in [2.24, 2.45) is 0 Å². The van der Waals surface area contributed by atoms with Gasteiger partial charge in [0.05, 0.1) is 13.2 Å². The summed E-state index contributed by atoms with van der Waals surface area (Å²) in [5, 5.41) is 8.74. The van der Waals surface area contributed by atoms with Crippen molar-refractivity contribution in [3.05, 3.63) is 108 Å². The van der Waals surface area contributed by atoms with E-state index in [1.807, 2.05) is 49.5 Å². The van der Waals surface area contributed by atoms with Gasteiger partial charge in [0.25, 0.3) is 5.91 Å². The van der Waals surface area contributed by atoms with E-state index in [4.69, 9.17) is 0 Å². The molecule has 2 N–H and O–H groups in total. The first-order chi connectivity index (χ1) is 18.6. The zero-order chi connectivity index (χ0) is 26.1. The lowest BCUT2D eigenvalue weighted by Crippen LogP contribution is -2.37. The highest BCUT2D eigenvalue weighted by Crippen LogP contribution is 2.33. The molecule has 0 saturated carbocycles. The number of carbonyl (C=O) groups excluding carboxylic acids is 1. The molecule has 0 spiro atoms. The molecule has 0 atom stereocenters. The zero-order valence-corrected chi connectivity index (χ0v) is 21.9. The van der Waals surface area contributed by atoms with E-state index in [2.05, 4.69) is 81.1 Å². The minimum Gasteiger partial charge on any atom is -0.377 e. The van der Waals surface area contributed by atoms with E-state index in [9.17, 15) is 4.79 Å². The molecule has 38 heavy (non-hydrogen) atoms. The molecule has 6 heteroatoms. The maximum atomic E-state index is 14.1. The maximum absolute atomic E-state index is 14.1. The molecule has 4 aromatic carbocycles. The van der Waals surface area contributed by atoms with Crippen LogP contribution in [-0.4, -0.2) is 51.2 Å². The van der Waals surface area contributed by atoms with Gasteiger partial charge in [0.2, 0.25) is 0 Å². The number of nitrogens with one attached hydrogen (secondary N) is 2. The zero-order valence-electron chi connectivity index (χ0n) is 21.9. The van der Waals surface area contributed by atoms with Crippen LogP contribution in [0.25, 0.3) is 21.9 Å². The van der Waals surface area contributed by atoms with Crippen molar-refractivity contribution in [1.82, 2.24) is 15.5 Å². The number of carbonyl (C=O) groups is 1. The van der Waals surface area contributed by atoms with Crippen molar-refractivity contribution in [1.29, 1.82) is 0 Å². The lowest BCUT2D eigenvalue weighted by Gasteiger charge is -2.26. The van der Waals surface area contributed by atoms with Gasteiger partial charge in [-0.15, -0.1) is 0 Å². The minimum atomic E-state index is 0.0734. The molecule has 2 heterocycles. The van der Waals surface area contributed by atoms with Crippen LogP contribution in [0.2, 0.25) is 0 Å². The molecule has 0 fully saturated rings. The van der Waals surface area contributed by atoms with Gasteiger partial charge in [0.15, 0.2) is 0 Å². The van der Waals surface area contributed by atoms with Gasteiger partial charge in [0.1, 0.15) is 0 Å².